The Morgan fingerprint density at radius 3 is 2.38 bits per heavy atom. The van der Waals surface area contributed by atoms with Gasteiger partial charge in [-0.1, -0.05) is 0 Å². The number of rotatable bonds is 1. The predicted octanol–water partition coefficient (Wildman–Crippen LogP) is -0.692. The molecule has 0 fully saturated rings. The van der Waals surface area contributed by atoms with Gasteiger partial charge in [-0.2, -0.15) is 0 Å². The molecule has 0 unspecified atom stereocenters. The molecule has 1 rings (SSSR count). The summed E-state index contributed by atoms with van der Waals surface area (Å²) in [6, 6.07) is 0. The van der Waals surface area contributed by atoms with Crippen LogP contribution >= 0.6 is 0 Å². The minimum atomic E-state index is 0.438. The molecule has 0 bridgehead atoms. The van der Waals surface area contributed by atoms with Crippen molar-refractivity contribution in [3.05, 3.63) is 6.33 Å². The molecule has 1 aromatic heterocycles. The maximum absolute atomic E-state index is 3.56. The van der Waals surface area contributed by atoms with Gasteiger partial charge in [-0.3, -0.25) is 0 Å². The molecule has 0 aliphatic heterocycles. The van der Waals surface area contributed by atoms with Gasteiger partial charge in [-0.05, 0) is 0 Å². The zero-order chi connectivity index (χ0) is 5.82. The number of anilines is 1. The Hall–Kier alpha value is -1.26. The molecule has 0 radical (unpaired) electrons. The van der Waals surface area contributed by atoms with Crippen molar-refractivity contribution in [3.63, 3.8) is 0 Å². The third kappa shape index (κ3) is 0.868. The fourth-order valence-corrected chi connectivity index (χ4v) is 0.304. The molecule has 1 heterocycles. The van der Waals surface area contributed by atoms with Crippen molar-refractivity contribution in [1.82, 2.24) is 20.4 Å². The molecule has 0 saturated carbocycles. The average molecular weight is 111 g/mol. The van der Waals surface area contributed by atoms with E-state index in [4.69, 9.17) is 0 Å². The van der Waals surface area contributed by atoms with Crippen LogP contribution in [0.2, 0.25) is 0 Å². The fourth-order valence-electron chi connectivity index (χ4n) is 0.304. The summed E-state index contributed by atoms with van der Waals surface area (Å²) in [5.74, 6) is 0.438. The number of aromatic nitrogens is 4. The van der Waals surface area contributed by atoms with Crippen molar-refractivity contribution in [1.29, 1.82) is 0 Å². The lowest BCUT2D eigenvalue weighted by Gasteiger charge is -1.88. The van der Waals surface area contributed by atoms with Crippen LogP contribution in [0.3, 0.4) is 0 Å². The van der Waals surface area contributed by atoms with E-state index in [1.54, 1.807) is 7.05 Å². The van der Waals surface area contributed by atoms with Gasteiger partial charge in [0, 0.05) is 7.05 Å². The normalized spacial score (nSPS) is 8.62. The number of hydrogen-bond donors (Lipinski definition) is 1. The Morgan fingerprint density at radius 2 is 2.00 bits per heavy atom. The predicted molar refractivity (Wildman–Crippen MR) is 27.2 cm³/mol. The van der Waals surface area contributed by atoms with Gasteiger partial charge in [0.25, 0.3) is 5.95 Å². The van der Waals surface area contributed by atoms with Gasteiger partial charge in [-0.15, -0.1) is 20.4 Å². The van der Waals surface area contributed by atoms with E-state index in [2.05, 4.69) is 25.7 Å². The maximum Gasteiger partial charge on any atom is 0.261 e. The summed E-state index contributed by atoms with van der Waals surface area (Å²) < 4.78 is 0. The Kier molecular flexibility index (Phi) is 1.32. The molecule has 1 N–H and O–H groups in total. The monoisotopic (exact) mass is 111 g/mol. The molecular weight excluding hydrogens is 106 g/mol. The SMILES string of the molecule is CNc1nncnn1. The lowest BCUT2D eigenvalue weighted by molar-refractivity contribution is 0.861. The van der Waals surface area contributed by atoms with Crippen LogP contribution in [-0.4, -0.2) is 27.4 Å². The summed E-state index contributed by atoms with van der Waals surface area (Å²) in [6.45, 7) is 0. The molecule has 8 heavy (non-hydrogen) atoms. The van der Waals surface area contributed by atoms with E-state index >= 15 is 0 Å². The second kappa shape index (κ2) is 2.15. The maximum atomic E-state index is 3.56. The van der Waals surface area contributed by atoms with E-state index in [0.29, 0.717) is 5.95 Å². The molecule has 5 heteroatoms. The Labute approximate surface area is 46.2 Å². The minimum absolute atomic E-state index is 0.438. The highest BCUT2D eigenvalue weighted by Crippen LogP contribution is 1.82. The van der Waals surface area contributed by atoms with Crippen LogP contribution in [0.25, 0.3) is 0 Å². The Balaban J connectivity index is 2.83. The Bertz CT molecular complexity index is 149. The van der Waals surface area contributed by atoms with E-state index in [1.807, 2.05) is 0 Å². The third-order valence-electron chi connectivity index (χ3n) is 0.632. The van der Waals surface area contributed by atoms with E-state index < -0.39 is 0 Å². The molecule has 0 atom stereocenters. The molecule has 0 aliphatic carbocycles. The first-order valence-corrected chi connectivity index (χ1v) is 2.11. The number of nitrogens with one attached hydrogen (secondary N) is 1. The second-order valence-corrected chi connectivity index (χ2v) is 1.12. The van der Waals surface area contributed by atoms with Crippen LogP contribution in [-0.2, 0) is 0 Å². The van der Waals surface area contributed by atoms with Crippen LogP contribution in [0.1, 0.15) is 0 Å². The van der Waals surface area contributed by atoms with Crippen LogP contribution < -0.4 is 5.32 Å². The first-order valence-electron chi connectivity index (χ1n) is 2.11. The average Bonchev–Trinajstić information content (AvgIpc) is 1.90. The van der Waals surface area contributed by atoms with Crippen LogP contribution in [0.5, 0.6) is 0 Å². The number of hydrogen-bond acceptors (Lipinski definition) is 5. The highest BCUT2D eigenvalue weighted by molar-refractivity contribution is 5.15. The van der Waals surface area contributed by atoms with Crippen molar-refractivity contribution in [3.8, 4) is 0 Å². The van der Waals surface area contributed by atoms with Gasteiger partial charge in [0.1, 0.15) is 0 Å². The highest BCUT2D eigenvalue weighted by atomic mass is 15.3. The van der Waals surface area contributed by atoms with Crippen molar-refractivity contribution in [2.75, 3.05) is 12.4 Å². The van der Waals surface area contributed by atoms with E-state index in [9.17, 15) is 0 Å². The van der Waals surface area contributed by atoms with Crippen molar-refractivity contribution < 1.29 is 0 Å². The first-order chi connectivity index (χ1) is 3.93. The summed E-state index contributed by atoms with van der Waals surface area (Å²) in [5, 5.41) is 16.7. The molecule has 0 spiro atoms. The smallest absolute Gasteiger partial charge is 0.261 e. The van der Waals surface area contributed by atoms with E-state index in [0.717, 1.165) is 0 Å². The molecule has 42 valence electrons. The summed E-state index contributed by atoms with van der Waals surface area (Å²) in [4.78, 5) is 0. The highest BCUT2D eigenvalue weighted by Gasteiger charge is 1.84. The quantitative estimate of drug-likeness (QED) is 0.519. The summed E-state index contributed by atoms with van der Waals surface area (Å²) in [6.07, 6.45) is 1.28. The largest absolute Gasteiger partial charge is 0.355 e. The van der Waals surface area contributed by atoms with E-state index in [1.165, 1.54) is 6.33 Å². The van der Waals surface area contributed by atoms with Crippen LogP contribution in [0.4, 0.5) is 5.95 Å². The molecule has 0 aliphatic rings. The molecule has 0 saturated heterocycles. The van der Waals surface area contributed by atoms with Gasteiger partial charge in [-0.25, -0.2) is 0 Å². The molecule has 0 aromatic carbocycles. The minimum Gasteiger partial charge on any atom is -0.355 e. The van der Waals surface area contributed by atoms with Gasteiger partial charge < -0.3 is 5.32 Å². The van der Waals surface area contributed by atoms with Crippen molar-refractivity contribution in [2.24, 2.45) is 0 Å². The lowest BCUT2D eigenvalue weighted by atomic mass is 11.0. The zero-order valence-electron chi connectivity index (χ0n) is 4.37. The van der Waals surface area contributed by atoms with E-state index in [-0.39, 0.29) is 0 Å². The summed E-state index contributed by atoms with van der Waals surface area (Å²) in [7, 11) is 1.71. The fraction of sp³-hybridized carbons (Fsp3) is 0.333. The Morgan fingerprint density at radius 1 is 1.38 bits per heavy atom. The molecule has 0 amide bonds. The van der Waals surface area contributed by atoms with Gasteiger partial charge >= 0.3 is 0 Å². The molecular formula is C3H5N5. The summed E-state index contributed by atoms with van der Waals surface area (Å²) >= 11 is 0. The second-order valence-electron chi connectivity index (χ2n) is 1.12. The molecule has 5 nitrogen and oxygen atoms in total. The zero-order valence-corrected chi connectivity index (χ0v) is 4.37. The van der Waals surface area contributed by atoms with Crippen molar-refractivity contribution >= 4 is 5.95 Å². The summed E-state index contributed by atoms with van der Waals surface area (Å²) in [5.41, 5.74) is 0. The first kappa shape index (κ1) is 4.89. The molecule has 1 aromatic rings. The van der Waals surface area contributed by atoms with Gasteiger partial charge in [0.15, 0.2) is 6.33 Å². The lowest BCUT2D eigenvalue weighted by Crippen LogP contribution is -1.98. The van der Waals surface area contributed by atoms with Crippen LogP contribution in [0.15, 0.2) is 6.33 Å². The number of nitrogens with zero attached hydrogens (tertiary/aromatic N) is 4. The standard InChI is InChI=1S/C3H5N5/c1-4-3-7-5-2-6-8-3/h2H,1H3,(H,4,7,8). The van der Waals surface area contributed by atoms with Gasteiger partial charge in [0.2, 0.25) is 0 Å². The third-order valence-corrected chi connectivity index (χ3v) is 0.632. The van der Waals surface area contributed by atoms with Crippen LogP contribution in [0, 0.1) is 0 Å². The topological polar surface area (TPSA) is 63.6 Å². The van der Waals surface area contributed by atoms with Gasteiger partial charge in [0.05, 0.1) is 0 Å². The van der Waals surface area contributed by atoms with Crippen molar-refractivity contribution in [2.45, 2.75) is 0 Å².